The van der Waals surface area contributed by atoms with Gasteiger partial charge in [-0.15, -0.1) is 0 Å². The Morgan fingerprint density at radius 2 is 1.64 bits per heavy atom. The maximum atomic E-state index is 12.1. The Balaban J connectivity index is 2.31. The molecule has 25 heavy (non-hydrogen) atoms. The second kappa shape index (κ2) is 12.2. The molecule has 0 aromatic heterocycles. The fraction of sp³-hybridized carbons (Fsp3) is 0.850. The van der Waals surface area contributed by atoms with Crippen molar-refractivity contribution in [3.05, 3.63) is 0 Å². The number of carbonyl (C=O) groups is 3. The topological polar surface area (TPSA) is 91.7 Å². The molecular formula is C20H34O5. The van der Waals surface area contributed by atoms with E-state index >= 15 is 0 Å². The second-order valence-corrected chi connectivity index (χ2v) is 7.39. The van der Waals surface area contributed by atoms with E-state index in [0.29, 0.717) is 25.7 Å². The number of aliphatic hydroxyl groups is 1. The van der Waals surface area contributed by atoms with Gasteiger partial charge in [0.05, 0.1) is 6.10 Å². The van der Waals surface area contributed by atoms with Crippen LogP contribution in [-0.4, -0.2) is 33.9 Å². The smallest absolute Gasteiger partial charge is 0.303 e. The molecule has 5 heteroatoms. The highest BCUT2D eigenvalue weighted by Gasteiger charge is 2.40. The van der Waals surface area contributed by atoms with Crippen molar-refractivity contribution in [3.63, 3.8) is 0 Å². The lowest BCUT2D eigenvalue weighted by molar-refractivity contribution is -0.137. The van der Waals surface area contributed by atoms with Gasteiger partial charge in [-0.1, -0.05) is 39.0 Å². The molecular weight excluding hydrogens is 320 g/mol. The number of carbonyl (C=O) groups excluding carboxylic acids is 2. The van der Waals surface area contributed by atoms with Crippen LogP contribution in [0, 0.1) is 11.8 Å². The molecule has 0 aromatic carbocycles. The first-order valence-corrected chi connectivity index (χ1v) is 9.90. The Labute approximate surface area is 151 Å². The Hall–Kier alpha value is -1.23. The van der Waals surface area contributed by atoms with Gasteiger partial charge in [0.15, 0.2) is 0 Å². The summed E-state index contributed by atoms with van der Waals surface area (Å²) in [5, 5.41) is 18.8. The normalized spacial score (nSPS) is 23.1. The highest BCUT2D eigenvalue weighted by molar-refractivity contribution is 5.84. The van der Waals surface area contributed by atoms with Crippen LogP contribution in [0.2, 0.25) is 0 Å². The summed E-state index contributed by atoms with van der Waals surface area (Å²) < 4.78 is 0. The summed E-state index contributed by atoms with van der Waals surface area (Å²) in [5.74, 6) is -0.605. The fourth-order valence-corrected chi connectivity index (χ4v) is 3.80. The molecule has 1 aliphatic carbocycles. The number of ketones is 2. The molecule has 1 fully saturated rings. The van der Waals surface area contributed by atoms with Gasteiger partial charge >= 0.3 is 5.97 Å². The van der Waals surface area contributed by atoms with Crippen LogP contribution in [0.3, 0.4) is 0 Å². The van der Waals surface area contributed by atoms with Crippen LogP contribution < -0.4 is 0 Å². The summed E-state index contributed by atoms with van der Waals surface area (Å²) in [4.78, 5) is 34.6. The van der Waals surface area contributed by atoms with Crippen molar-refractivity contribution in [3.8, 4) is 0 Å². The third kappa shape index (κ3) is 8.61. The zero-order valence-corrected chi connectivity index (χ0v) is 15.5. The molecule has 3 atom stereocenters. The van der Waals surface area contributed by atoms with Crippen molar-refractivity contribution < 1.29 is 24.6 Å². The Bertz CT molecular complexity index is 432. The first kappa shape index (κ1) is 21.8. The minimum Gasteiger partial charge on any atom is -0.481 e. The lowest BCUT2D eigenvalue weighted by Gasteiger charge is -2.20. The number of aliphatic carboxylic acids is 1. The molecule has 1 rings (SSSR count). The van der Waals surface area contributed by atoms with Crippen LogP contribution in [-0.2, 0) is 14.4 Å². The minimum absolute atomic E-state index is 0.0818. The van der Waals surface area contributed by atoms with E-state index in [1.165, 1.54) is 0 Å². The second-order valence-electron chi connectivity index (χ2n) is 7.39. The van der Waals surface area contributed by atoms with Crippen molar-refractivity contribution in [2.45, 2.75) is 96.5 Å². The Morgan fingerprint density at radius 3 is 2.32 bits per heavy atom. The van der Waals surface area contributed by atoms with Crippen molar-refractivity contribution in [1.82, 2.24) is 0 Å². The van der Waals surface area contributed by atoms with Crippen LogP contribution >= 0.6 is 0 Å². The predicted octanol–water partition coefficient (Wildman–Crippen LogP) is 3.91. The lowest BCUT2D eigenvalue weighted by Crippen LogP contribution is -2.21. The molecule has 0 bridgehead atoms. The number of unbranched alkanes of at least 4 members (excludes halogenated alkanes) is 5. The summed E-state index contributed by atoms with van der Waals surface area (Å²) >= 11 is 0. The molecule has 1 aliphatic rings. The lowest BCUT2D eigenvalue weighted by atomic mass is 9.85. The third-order valence-electron chi connectivity index (χ3n) is 5.31. The van der Waals surface area contributed by atoms with Crippen LogP contribution in [0.25, 0.3) is 0 Å². The van der Waals surface area contributed by atoms with Gasteiger partial charge in [0.2, 0.25) is 0 Å². The molecule has 0 spiro atoms. The van der Waals surface area contributed by atoms with Crippen molar-refractivity contribution in [2.75, 3.05) is 0 Å². The number of Topliss-reactive ketones (excluding diaryl/α,β-unsaturated/α-hetero) is 2. The largest absolute Gasteiger partial charge is 0.481 e. The molecule has 0 saturated heterocycles. The summed E-state index contributed by atoms with van der Waals surface area (Å²) in [6, 6.07) is 0. The summed E-state index contributed by atoms with van der Waals surface area (Å²) in [5.41, 5.74) is 0. The monoisotopic (exact) mass is 354 g/mol. The van der Waals surface area contributed by atoms with Gasteiger partial charge in [-0.05, 0) is 31.6 Å². The highest BCUT2D eigenvalue weighted by Crippen LogP contribution is 2.36. The first-order valence-electron chi connectivity index (χ1n) is 9.90. The van der Waals surface area contributed by atoms with E-state index in [1.54, 1.807) is 0 Å². The van der Waals surface area contributed by atoms with Gasteiger partial charge in [0.1, 0.15) is 11.6 Å². The molecule has 5 nitrogen and oxygen atoms in total. The maximum Gasteiger partial charge on any atom is 0.303 e. The minimum atomic E-state index is -0.766. The molecule has 1 saturated carbocycles. The van der Waals surface area contributed by atoms with Crippen LogP contribution in [0.5, 0.6) is 0 Å². The first-order chi connectivity index (χ1) is 12.0. The summed E-state index contributed by atoms with van der Waals surface area (Å²) in [7, 11) is 0. The van der Waals surface area contributed by atoms with Gasteiger partial charge in [0.25, 0.3) is 0 Å². The van der Waals surface area contributed by atoms with Crippen LogP contribution in [0.1, 0.15) is 90.4 Å². The van der Waals surface area contributed by atoms with Gasteiger partial charge in [-0.2, -0.15) is 0 Å². The van der Waals surface area contributed by atoms with Gasteiger partial charge in [-0.3, -0.25) is 14.4 Å². The molecule has 3 unspecified atom stereocenters. The van der Waals surface area contributed by atoms with E-state index < -0.39 is 12.1 Å². The maximum absolute atomic E-state index is 12.1. The van der Waals surface area contributed by atoms with E-state index in [2.05, 4.69) is 6.92 Å². The van der Waals surface area contributed by atoms with Crippen LogP contribution in [0.15, 0.2) is 0 Å². The Kier molecular flexibility index (Phi) is 10.6. The molecule has 0 amide bonds. The van der Waals surface area contributed by atoms with Crippen molar-refractivity contribution >= 4 is 17.5 Å². The van der Waals surface area contributed by atoms with E-state index in [9.17, 15) is 19.5 Å². The molecule has 0 aliphatic heterocycles. The quantitative estimate of drug-likeness (QED) is 0.462. The standard InChI is InChI=1S/C20H34O5/c1-2-3-6-9-15(21)12-13-17-16(18(22)14-19(17)23)10-7-4-5-8-11-20(24)25/h16-17,19,23H,2-14H2,1H3,(H,24,25). The SMILES string of the molecule is CCCCCC(=O)CCC1C(O)CC(=O)C1CCCCCCC(=O)O. The van der Waals surface area contributed by atoms with Gasteiger partial charge < -0.3 is 10.2 Å². The molecule has 0 heterocycles. The average molecular weight is 354 g/mol. The summed E-state index contributed by atoms with van der Waals surface area (Å²) in [6.45, 7) is 2.11. The summed E-state index contributed by atoms with van der Waals surface area (Å²) in [6.07, 6.45) is 8.67. The molecule has 0 radical (unpaired) electrons. The fourth-order valence-electron chi connectivity index (χ4n) is 3.80. The number of carboxylic acids is 1. The molecule has 0 aromatic rings. The van der Waals surface area contributed by atoms with E-state index in [0.717, 1.165) is 44.9 Å². The van der Waals surface area contributed by atoms with Crippen molar-refractivity contribution in [1.29, 1.82) is 0 Å². The highest BCUT2D eigenvalue weighted by atomic mass is 16.4. The molecule has 144 valence electrons. The molecule has 2 N–H and O–H groups in total. The zero-order chi connectivity index (χ0) is 18.7. The third-order valence-corrected chi connectivity index (χ3v) is 5.31. The van der Waals surface area contributed by atoms with E-state index in [4.69, 9.17) is 5.11 Å². The number of rotatable bonds is 14. The number of aliphatic hydroxyl groups excluding tert-OH is 1. The Morgan fingerprint density at radius 1 is 0.960 bits per heavy atom. The average Bonchev–Trinajstić information content (AvgIpc) is 2.82. The van der Waals surface area contributed by atoms with E-state index in [-0.39, 0.29) is 36.2 Å². The van der Waals surface area contributed by atoms with Crippen molar-refractivity contribution in [2.24, 2.45) is 11.8 Å². The number of hydrogen-bond donors (Lipinski definition) is 2. The number of hydrogen-bond acceptors (Lipinski definition) is 4. The predicted molar refractivity (Wildman–Crippen MR) is 96.3 cm³/mol. The van der Waals surface area contributed by atoms with E-state index in [1.807, 2.05) is 0 Å². The number of carboxylic acid groups (broad SMARTS) is 1. The van der Waals surface area contributed by atoms with Gasteiger partial charge in [0, 0.05) is 31.6 Å². The van der Waals surface area contributed by atoms with Crippen LogP contribution in [0.4, 0.5) is 0 Å². The van der Waals surface area contributed by atoms with Gasteiger partial charge in [-0.25, -0.2) is 0 Å². The zero-order valence-electron chi connectivity index (χ0n) is 15.5.